The first kappa shape index (κ1) is 13.4. The van der Waals surface area contributed by atoms with E-state index < -0.39 is 0 Å². The van der Waals surface area contributed by atoms with Crippen molar-refractivity contribution in [1.29, 1.82) is 0 Å². The minimum absolute atomic E-state index is 0.144. The average molecular weight is 305 g/mol. The van der Waals surface area contributed by atoms with Crippen LogP contribution in [0.15, 0.2) is 17.3 Å². The van der Waals surface area contributed by atoms with Gasteiger partial charge in [-0.3, -0.25) is 24.2 Å². The minimum Gasteiger partial charge on any atom is -0.299 e. The molecule has 10 heteroatoms. The maximum absolute atomic E-state index is 12.2. The molecule has 3 aromatic heterocycles. The van der Waals surface area contributed by atoms with E-state index in [1.54, 1.807) is 14.0 Å². The molecular formula is C11H11N7O2S. The number of amides is 1. The lowest BCUT2D eigenvalue weighted by molar-refractivity contribution is -0.116. The van der Waals surface area contributed by atoms with Gasteiger partial charge < -0.3 is 0 Å². The molecule has 3 rings (SSSR count). The minimum atomic E-state index is -0.363. The second-order valence-corrected chi connectivity index (χ2v) is 5.54. The Morgan fingerprint density at radius 3 is 2.95 bits per heavy atom. The highest BCUT2D eigenvalue weighted by atomic mass is 32.1. The lowest BCUT2D eigenvalue weighted by Gasteiger charge is -2.04. The molecule has 0 bridgehead atoms. The van der Waals surface area contributed by atoms with Gasteiger partial charge in [-0.05, 0) is 6.92 Å². The second-order valence-electron chi connectivity index (χ2n) is 4.36. The molecule has 0 aromatic carbocycles. The summed E-state index contributed by atoms with van der Waals surface area (Å²) in [6.45, 7) is 1.65. The topological polar surface area (TPSA) is 108 Å². The Kier molecular flexibility index (Phi) is 3.22. The molecule has 0 saturated heterocycles. The predicted molar refractivity (Wildman–Crippen MR) is 76.0 cm³/mol. The van der Waals surface area contributed by atoms with Gasteiger partial charge in [0.05, 0.1) is 6.20 Å². The van der Waals surface area contributed by atoms with Gasteiger partial charge >= 0.3 is 0 Å². The van der Waals surface area contributed by atoms with Crippen LogP contribution in [0.5, 0.6) is 0 Å². The van der Waals surface area contributed by atoms with Gasteiger partial charge in [0.1, 0.15) is 23.3 Å². The molecule has 0 fully saturated rings. The van der Waals surface area contributed by atoms with Crippen LogP contribution in [0.1, 0.15) is 5.01 Å². The molecular weight excluding hydrogens is 294 g/mol. The van der Waals surface area contributed by atoms with Crippen molar-refractivity contribution in [3.05, 3.63) is 27.9 Å². The normalized spacial score (nSPS) is 11.0. The van der Waals surface area contributed by atoms with Crippen molar-refractivity contribution in [2.24, 2.45) is 7.05 Å². The van der Waals surface area contributed by atoms with Gasteiger partial charge in [-0.15, -0.1) is 10.2 Å². The number of aromatic nitrogens is 6. The van der Waals surface area contributed by atoms with Crippen molar-refractivity contribution in [1.82, 2.24) is 29.5 Å². The van der Waals surface area contributed by atoms with Crippen molar-refractivity contribution >= 4 is 33.4 Å². The fourth-order valence-electron chi connectivity index (χ4n) is 1.84. The Morgan fingerprint density at radius 2 is 2.24 bits per heavy atom. The van der Waals surface area contributed by atoms with Crippen LogP contribution in [0, 0.1) is 6.92 Å². The van der Waals surface area contributed by atoms with E-state index in [9.17, 15) is 9.59 Å². The summed E-state index contributed by atoms with van der Waals surface area (Å²) in [5.41, 5.74) is 0.174. The molecule has 1 N–H and O–H groups in total. The average Bonchev–Trinajstić information content (AvgIpc) is 3.00. The van der Waals surface area contributed by atoms with Crippen LogP contribution < -0.4 is 10.9 Å². The summed E-state index contributed by atoms with van der Waals surface area (Å²) >= 11 is 1.27. The zero-order chi connectivity index (χ0) is 15.0. The Labute approximate surface area is 122 Å². The summed E-state index contributed by atoms with van der Waals surface area (Å²) in [4.78, 5) is 28.2. The highest BCUT2D eigenvalue weighted by Gasteiger charge is 2.12. The quantitative estimate of drug-likeness (QED) is 0.725. The van der Waals surface area contributed by atoms with Crippen molar-refractivity contribution in [3.8, 4) is 0 Å². The maximum Gasteiger partial charge on any atom is 0.264 e. The number of aryl methyl sites for hydroxylation is 2. The van der Waals surface area contributed by atoms with Gasteiger partial charge in [0.2, 0.25) is 11.0 Å². The first-order chi connectivity index (χ1) is 10.0. The van der Waals surface area contributed by atoms with E-state index in [-0.39, 0.29) is 18.0 Å². The zero-order valence-corrected chi connectivity index (χ0v) is 12.1. The number of nitrogens with one attached hydrogen (secondary N) is 1. The predicted octanol–water partition coefficient (Wildman–Crippen LogP) is -0.0714. The third-order valence-corrected chi connectivity index (χ3v) is 3.56. The highest BCUT2D eigenvalue weighted by Crippen LogP contribution is 2.13. The van der Waals surface area contributed by atoms with Crippen LogP contribution in [-0.4, -0.2) is 35.4 Å². The summed E-state index contributed by atoms with van der Waals surface area (Å²) in [6, 6.07) is 0. The molecule has 3 aromatic rings. The lowest BCUT2D eigenvalue weighted by atomic mass is 10.4. The number of hydrogen-bond donors (Lipinski definition) is 1. The Bertz CT molecular complexity index is 878. The number of rotatable bonds is 3. The summed E-state index contributed by atoms with van der Waals surface area (Å²) in [5, 5.41) is 15.7. The van der Waals surface area contributed by atoms with Crippen molar-refractivity contribution in [3.63, 3.8) is 0 Å². The van der Waals surface area contributed by atoms with E-state index in [4.69, 9.17) is 0 Å². The van der Waals surface area contributed by atoms with Crippen LogP contribution >= 0.6 is 11.3 Å². The number of hydrogen-bond acceptors (Lipinski definition) is 7. The molecule has 9 nitrogen and oxygen atoms in total. The lowest BCUT2D eigenvalue weighted by Crippen LogP contribution is -2.27. The van der Waals surface area contributed by atoms with Crippen LogP contribution in [0.3, 0.4) is 0 Å². The molecule has 108 valence electrons. The van der Waals surface area contributed by atoms with Crippen molar-refractivity contribution in [2.75, 3.05) is 5.32 Å². The molecule has 21 heavy (non-hydrogen) atoms. The van der Waals surface area contributed by atoms with E-state index >= 15 is 0 Å². The van der Waals surface area contributed by atoms with Crippen molar-refractivity contribution in [2.45, 2.75) is 13.5 Å². The smallest absolute Gasteiger partial charge is 0.264 e. The van der Waals surface area contributed by atoms with E-state index in [1.165, 1.54) is 33.1 Å². The molecule has 0 atom stereocenters. The van der Waals surface area contributed by atoms with Gasteiger partial charge in [-0.1, -0.05) is 11.3 Å². The molecule has 3 heterocycles. The molecule has 0 spiro atoms. The maximum atomic E-state index is 12.2. The number of carbonyl (C=O) groups is 1. The van der Waals surface area contributed by atoms with Crippen LogP contribution in [-0.2, 0) is 18.4 Å². The molecule has 0 aliphatic carbocycles. The third-order valence-electron chi connectivity index (χ3n) is 2.80. The largest absolute Gasteiger partial charge is 0.299 e. The summed E-state index contributed by atoms with van der Waals surface area (Å²) < 4.78 is 2.73. The number of nitrogens with zero attached hydrogens (tertiary/aromatic N) is 6. The monoisotopic (exact) mass is 305 g/mol. The Morgan fingerprint density at radius 1 is 1.43 bits per heavy atom. The van der Waals surface area contributed by atoms with Crippen molar-refractivity contribution < 1.29 is 4.79 Å². The first-order valence-electron chi connectivity index (χ1n) is 6.01. The molecule has 0 aliphatic rings. The van der Waals surface area contributed by atoms with E-state index in [2.05, 4.69) is 25.6 Å². The van der Waals surface area contributed by atoms with Gasteiger partial charge in [0.25, 0.3) is 5.56 Å². The van der Waals surface area contributed by atoms with Crippen LogP contribution in [0.2, 0.25) is 0 Å². The van der Waals surface area contributed by atoms with Gasteiger partial charge in [-0.2, -0.15) is 5.10 Å². The van der Waals surface area contributed by atoms with E-state index in [0.717, 1.165) is 5.01 Å². The van der Waals surface area contributed by atoms with E-state index in [1.807, 2.05) is 0 Å². The van der Waals surface area contributed by atoms with Gasteiger partial charge in [0.15, 0.2) is 5.65 Å². The molecule has 1 amide bonds. The molecule has 0 aliphatic heterocycles. The highest BCUT2D eigenvalue weighted by molar-refractivity contribution is 7.15. The first-order valence-corrected chi connectivity index (χ1v) is 6.83. The Balaban J connectivity index is 1.83. The molecule has 0 saturated carbocycles. The Hall–Kier alpha value is -2.62. The zero-order valence-electron chi connectivity index (χ0n) is 11.3. The number of carbonyl (C=O) groups excluding carboxylic acids is 1. The van der Waals surface area contributed by atoms with Gasteiger partial charge in [-0.25, -0.2) is 4.98 Å². The van der Waals surface area contributed by atoms with E-state index in [0.29, 0.717) is 16.2 Å². The van der Waals surface area contributed by atoms with Crippen LogP contribution in [0.4, 0.5) is 5.13 Å². The molecule has 0 unspecified atom stereocenters. The third kappa shape index (κ3) is 2.52. The standard InChI is InChI=1S/C11H11N7O2S/c1-6-15-16-11(21-6)14-8(19)4-18-5-12-9-7(10(18)20)3-13-17(9)2/h3,5H,4H2,1-2H3,(H,14,16,19). The number of fused-ring (bicyclic) bond motifs is 1. The fourth-order valence-corrected chi connectivity index (χ4v) is 2.45. The van der Waals surface area contributed by atoms with Gasteiger partial charge in [0, 0.05) is 7.05 Å². The summed E-state index contributed by atoms with van der Waals surface area (Å²) in [7, 11) is 1.70. The second kappa shape index (κ2) is 5.05. The summed E-state index contributed by atoms with van der Waals surface area (Å²) in [6.07, 6.45) is 2.77. The number of anilines is 1. The summed E-state index contributed by atoms with van der Waals surface area (Å²) in [5.74, 6) is -0.363. The molecule has 0 radical (unpaired) electrons. The van der Waals surface area contributed by atoms with Crippen LogP contribution in [0.25, 0.3) is 11.0 Å². The fraction of sp³-hybridized carbons (Fsp3) is 0.273. The SMILES string of the molecule is Cc1nnc(NC(=O)Cn2cnc3c(cnn3C)c2=O)s1.